The molecule has 1 unspecified atom stereocenters. The summed E-state index contributed by atoms with van der Waals surface area (Å²) in [5.41, 5.74) is -0.713. The van der Waals surface area contributed by atoms with Gasteiger partial charge in [0.2, 0.25) is 0 Å². The van der Waals surface area contributed by atoms with Gasteiger partial charge >= 0.3 is 0 Å². The standard InChI is InChI=1S/C13H15N3O3/c1-13(8-14,15-10-2-3-10)9-19-12-6-4-11(5-7-12)16(17)18/h4-7,10,15H,2-3,9H2,1H3. The first-order chi connectivity index (χ1) is 9.02. The summed E-state index contributed by atoms with van der Waals surface area (Å²) in [7, 11) is 0. The number of rotatable bonds is 6. The molecule has 0 bridgehead atoms. The summed E-state index contributed by atoms with van der Waals surface area (Å²) in [6.45, 7) is 1.99. The Labute approximate surface area is 111 Å². The molecule has 1 N–H and O–H groups in total. The summed E-state index contributed by atoms with van der Waals surface area (Å²) in [4.78, 5) is 10.1. The third-order valence-electron chi connectivity index (χ3n) is 2.92. The van der Waals surface area contributed by atoms with Crippen molar-refractivity contribution in [3.05, 3.63) is 34.4 Å². The molecule has 0 saturated heterocycles. The van der Waals surface area contributed by atoms with Crippen molar-refractivity contribution in [3.8, 4) is 11.8 Å². The van der Waals surface area contributed by atoms with Gasteiger partial charge in [-0.3, -0.25) is 15.4 Å². The molecule has 19 heavy (non-hydrogen) atoms. The number of hydrogen-bond acceptors (Lipinski definition) is 5. The van der Waals surface area contributed by atoms with Gasteiger partial charge in [0, 0.05) is 18.2 Å². The summed E-state index contributed by atoms with van der Waals surface area (Å²) in [6.07, 6.45) is 2.18. The molecule has 100 valence electrons. The van der Waals surface area contributed by atoms with Crippen LogP contribution in [0, 0.1) is 21.4 Å². The molecule has 1 aromatic rings. The van der Waals surface area contributed by atoms with Crippen LogP contribution in [0.15, 0.2) is 24.3 Å². The molecule has 2 rings (SSSR count). The lowest BCUT2D eigenvalue weighted by Crippen LogP contribution is -2.47. The molecule has 0 aromatic heterocycles. The highest BCUT2D eigenvalue weighted by atomic mass is 16.6. The van der Waals surface area contributed by atoms with Crippen LogP contribution in [0.25, 0.3) is 0 Å². The topological polar surface area (TPSA) is 88.2 Å². The van der Waals surface area contributed by atoms with Crippen molar-refractivity contribution in [2.75, 3.05) is 6.61 Å². The third-order valence-corrected chi connectivity index (χ3v) is 2.92. The number of ether oxygens (including phenoxy) is 1. The predicted octanol–water partition coefficient (Wildman–Crippen LogP) is 2.01. The second-order valence-electron chi connectivity index (χ2n) is 4.90. The van der Waals surface area contributed by atoms with Gasteiger partial charge in [0.1, 0.15) is 17.9 Å². The van der Waals surface area contributed by atoms with Crippen molar-refractivity contribution in [1.29, 1.82) is 5.26 Å². The number of nitrogens with one attached hydrogen (secondary N) is 1. The number of nitro groups is 1. The van der Waals surface area contributed by atoms with Crippen LogP contribution >= 0.6 is 0 Å². The van der Waals surface area contributed by atoms with Crippen molar-refractivity contribution in [3.63, 3.8) is 0 Å². The van der Waals surface area contributed by atoms with E-state index in [9.17, 15) is 15.4 Å². The molecular formula is C13H15N3O3. The second-order valence-corrected chi connectivity index (χ2v) is 4.90. The highest BCUT2D eigenvalue weighted by Crippen LogP contribution is 2.23. The van der Waals surface area contributed by atoms with Gasteiger partial charge in [-0.25, -0.2) is 0 Å². The average Bonchev–Trinajstić information content (AvgIpc) is 3.21. The first-order valence-electron chi connectivity index (χ1n) is 6.09. The first-order valence-corrected chi connectivity index (χ1v) is 6.09. The fraction of sp³-hybridized carbons (Fsp3) is 0.462. The van der Waals surface area contributed by atoms with Gasteiger partial charge in [-0.15, -0.1) is 0 Å². The fourth-order valence-corrected chi connectivity index (χ4v) is 1.68. The SMILES string of the molecule is CC(C#N)(COc1ccc([N+](=O)[O-])cc1)NC1CC1. The van der Waals surface area contributed by atoms with Gasteiger partial charge in [0.25, 0.3) is 5.69 Å². The van der Waals surface area contributed by atoms with Crippen LogP contribution in [0.4, 0.5) is 5.69 Å². The molecule has 0 aliphatic heterocycles. The normalized spacial score (nSPS) is 17.3. The van der Waals surface area contributed by atoms with Crippen molar-refractivity contribution in [2.24, 2.45) is 0 Å². The van der Waals surface area contributed by atoms with Crippen LogP contribution in [0.1, 0.15) is 19.8 Å². The summed E-state index contributed by atoms with van der Waals surface area (Å²) in [5, 5.41) is 22.9. The Bertz CT molecular complexity index is 505. The first kappa shape index (κ1) is 13.3. The lowest BCUT2D eigenvalue weighted by Gasteiger charge is -2.23. The van der Waals surface area contributed by atoms with E-state index in [4.69, 9.17) is 4.74 Å². The molecule has 1 saturated carbocycles. The van der Waals surface area contributed by atoms with Crippen molar-refractivity contribution in [1.82, 2.24) is 5.32 Å². The maximum atomic E-state index is 10.5. The Morgan fingerprint density at radius 3 is 2.63 bits per heavy atom. The molecular weight excluding hydrogens is 246 g/mol. The lowest BCUT2D eigenvalue weighted by atomic mass is 10.1. The Hall–Kier alpha value is -2.13. The van der Waals surface area contributed by atoms with Crippen molar-refractivity contribution in [2.45, 2.75) is 31.3 Å². The quantitative estimate of drug-likeness (QED) is 0.625. The molecule has 0 heterocycles. The monoisotopic (exact) mass is 261 g/mol. The maximum Gasteiger partial charge on any atom is 0.269 e. The van der Waals surface area contributed by atoms with Crippen LogP contribution in [-0.4, -0.2) is 23.1 Å². The molecule has 1 fully saturated rings. The summed E-state index contributed by atoms with van der Waals surface area (Å²) in [5.74, 6) is 0.518. The van der Waals surface area contributed by atoms with Crippen LogP contribution in [-0.2, 0) is 0 Å². The second kappa shape index (κ2) is 5.24. The van der Waals surface area contributed by atoms with Crippen LogP contribution in [0.3, 0.4) is 0 Å². The predicted molar refractivity (Wildman–Crippen MR) is 68.8 cm³/mol. The number of nitro benzene ring substituents is 1. The molecule has 1 atom stereocenters. The fourth-order valence-electron chi connectivity index (χ4n) is 1.68. The van der Waals surface area contributed by atoms with Crippen LogP contribution in [0.2, 0.25) is 0 Å². The van der Waals surface area contributed by atoms with Gasteiger partial charge in [0.15, 0.2) is 0 Å². The molecule has 0 radical (unpaired) electrons. The Morgan fingerprint density at radius 1 is 1.53 bits per heavy atom. The molecule has 1 aliphatic rings. The smallest absolute Gasteiger partial charge is 0.269 e. The van der Waals surface area contributed by atoms with E-state index in [-0.39, 0.29) is 12.3 Å². The number of nitriles is 1. The van der Waals surface area contributed by atoms with Gasteiger partial charge < -0.3 is 4.74 Å². The molecule has 6 heteroatoms. The molecule has 1 aromatic carbocycles. The minimum atomic E-state index is -0.733. The van der Waals surface area contributed by atoms with E-state index in [0.717, 1.165) is 12.8 Å². The van der Waals surface area contributed by atoms with Crippen molar-refractivity contribution >= 4 is 5.69 Å². The van der Waals surface area contributed by atoms with E-state index >= 15 is 0 Å². The Morgan fingerprint density at radius 2 is 2.16 bits per heavy atom. The zero-order valence-electron chi connectivity index (χ0n) is 10.6. The summed E-state index contributed by atoms with van der Waals surface area (Å²) in [6, 6.07) is 8.45. The zero-order chi connectivity index (χ0) is 13.9. The summed E-state index contributed by atoms with van der Waals surface area (Å²) < 4.78 is 5.52. The lowest BCUT2D eigenvalue weighted by molar-refractivity contribution is -0.384. The van der Waals surface area contributed by atoms with Gasteiger partial charge in [-0.2, -0.15) is 5.26 Å². The van der Waals surface area contributed by atoms with Gasteiger partial charge in [0.05, 0.1) is 11.0 Å². The van der Waals surface area contributed by atoms with E-state index < -0.39 is 10.5 Å². The number of hydrogen-bond donors (Lipinski definition) is 1. The summed E-state index contributed by atoms with van der Waals surface area (Å²) >= 11 is 0. The van der Waals surface area contributed by atoms with Crippen LogP contribution < -0.4 is 10.1 Å². The molecule has 1 aliphatic carbocycles. The Kier molecular flexibility index (Phi) is 3.67. The van der Waals surface area contributed by atoms with E-state index in [2.05, 4.69) is 11.4 Å². The molecule has 0 spiro atoms. The highest BCUT2D eigenvalue weighted by Gasteiger charge is 2.33. The van der Waals surface area contributed by atoms with Gasteiger partial charge in [-0.05, 0) is 31.9 Å². The maximum absolute atomic E-state index is 10.5. The van der Waals surface area contributed by atoms with E-state index in [1.807, 2.05) is 0 Å². The van der Waals surface area contributed by atoms with E-state index in [0.29, 0.717) is 11.8 Å². The largest absolute Gasteiger partial charge is 0.491 e. The Balaban J connectivity index is 1.93. The van der Waals surface area contributed by atoms with Gasteiger partial charge in [-0.1, -0.05) is 0 Å². The van der Waals surface area contributed by atoms with Crippen LogP contribution in [0.5, 0.6) is 5.75 Å². The number of benzene rings is 1. The number of nitrogens with zero attached hydrogens (tertiary/aromatic N) is 2. The highest BCUT2D eigenvalue weighted by molar-refractivity contribution is 5.36. The average molecular weight is 261 g/mol. The minimum absolute atomic E-state index is 0.0199. The molecule has 6 nitrogen and oxygen atoms in total. The van der Waals surface area contributed by atoms with E-state index in [1.165, 1.54) is 24.3 Å². The zero-order valence-corrected chi connectivity index (χ0v) is 10.6. The van der Waals surface area contributed by atoms with Crippen molar-refractivity contribution < 1.29 is 9.66 Å². The molecule has 0 amide bonds. The minimum Gasteiger partial charge on any atom is -0.491 e. The van der Waals surface area contributed by atoms with E-state index in [1.54, 1.807) is 6.92 Å². The third kappa shape index (κ3) is 3.66. The number of non-ortho nitro benzene ring substituents is 1.